The van der Waals surface area contributed by atoms with Gasteiger partial charge in [-0.1, -0.05) is 37.3 Å². The number of nitriles is 1. The van der Waals surface area contributed by atoms with Crippen LogP contribution in [0.5, 0.6) is 0 Å². The number of benzene rings is 1. The van der Waals surface area contributed by atoms with E-state index in [1.807, 2.05) is 30.3 Å². The van der Waals surface area contributed by atoms with E-state index >= 15 is 0 Å². The molecule has 0 radical (unpaired) electrons. The molecule has 0 heterocycles. The van der Waals surface area contributed by atoms with Crippen LogP contribution in [0, 0.1) is 11.3 Å². The Morgan fingerprint density at radius 1 is 1.35 bits per heavy atom. The molecular formula is C16H24N2OS. The van der Waals surface area contributed by atoms with Gasteiger partial charge in [0.25, 0.3) is 0 Å². The van der Waals surface area contributed by atoms with Gasteiger partial charge >= 0.3 is 0 Å². The van der Waals surface area contributed by atoms with Crippen LogP contribution in [0.25, 0.3) is 0 Å². The largest absolute Gasteiger partial charge is 0.385 e. The molecule has 0 saturated heterocycles. The molecule has 0 saturated carbocycles. The van der Waals surface area contributed by atoms with Crippen molar-refractivity contribution in [3.63, 3.8) is 0 Å². The van der Waals surface area contributed by atoms with Gasteiger partial charge in [-0.25, -0.2) is 0 Å². The first-order chi connectivity index (χ1) is 9.79. The van der Waals surface area contributed by atoms with Crippen molar-refractivity contribution in [3.05, 3.63) is 35.9 Å². The van der Waals surface area contributed by atoms with Crippen LogP contribution in [0.2, 0.25) is 0 Å². The normalized spacial score (nSPS) is 13.7. The first-order valence-corrected chi connectivity index (χ1v) is 8.23. The summed E-state index contributed by atoms with van der Waals surface area (Å²) in [6, 6.07) is 12.5. The average Bonchev–Trinajstić information content (AvgIpc) is 2.51. The summed E-state index contributed by atoms with van der Waals surface area (Å²) in [4.78, 5) is 0. The Labute approximate surface area is 126 Å². The molecule has 0 aliphatic carbocycles. The number of nitrogens with zero attached hydrogens (tertiary/aromatic N) is 1. The highest BCUT2D eigenvalue weighted by Gasteiger charge is 2.31. The summed E-state index contributed by atoms with van der Waals surface area (Å²) in [6.45, 7) is 3.74. The van der Waals surface area contributed by atoms with Gasteiger partial charge in [0, 0.05) is 19.5 Å². The molecule has 110 valence electrons. The molecule has 1 aromatic carbocycles. The van der Waals surface area contributed by atoms with E-state index in [4.69, 9.17) is 4.74 Å². The summed E-state index contributed by atoms with van der Waals surface area (Å²) < 4.78 is 5.06. The molecule has 0 fully saturated rings. The molecule has 20 heavy (non-hydrogen) atoms. The molecule has 0 amide bonds. The van der Waals surface area contributed by atoms with Gasteiger partial charge in [-0.05, 0) is 30.7 Å². The Morgan fingerprint density at radius 3 is 2.70 bits per heavy atom. The minimum absolute atomic E-state index is 0.588. The summed E-state index contributed by atoms with van der Waals surface area (Å²) in [5.74, 6) is 1.77. The molecular weight excluding hydrogens is 268 g/mol. The lowest BCUT2D eigenvalue weighted by atomic mass is 9.93. The lowest BCUT2D eigenvalue weighted by molar-refractivity contribution is 0.200. The molecule has 1 unspecified atom stereocenters. The summed E-state index contributed by atoms with van der Waals surface area (Å²) in [5.41, 5.74) is 0.463. The highest BCUT2D eigenvalue weighted by atomic mass is 32.2. The van der Waals surface area contributed by atoms with Crippen molar-refractivity contribution >= 4 is 11.8 Å². The van der Waals surface area contributed by atoms with Crippen molar-refractivity contribution in [1.29, 1.82) is 5.26 Å². The lowest BCUT2D eigenvalue weighted by Gasteiger charge is -2.28. The standard InChI is InChI=1S/C16H24N2OS/c1-3-10-18-16(13-17,14-20-12-7-11-19-2)15-8-5-4-6-9-15/h4-6,8-9,18H,3,7,10-12,14H2,1-2H3. The summed E-state index contributed by atoms with van der Waals surface area (Å²) in [5, 5.41) is 13.1. The Kier molecular flexibility index (Phi) is 8.36. The van der Waals surface area contributed by atoms with Crippen molar-refractivity contribution in [2.24, 2.45) is 0 Å². The van der Waals surface area contributed by atoms with Crippen molar-refractivity contribution < 1.29 is 4.74 Å². The van der Waals surface area contributed by atoms with Gasteiger partial charge in [-0.15, -0.1) is 0 Å². The fourth-order valence-corrected chi connectivity index (χ4v) is 3.07. The lowest BCUT2D eigenvalue weighted by Crippen LogP contribution is -2.44. The Hall–Kier alpha value is -1.02. The van der Waals surface area contributed by atoms with E-state index < -0.39 is 5.54 Å². The van der Waals surface area contributed by atoms with Gasteiger partial charge in [0.15, 0.2) is 0 Å². The zero-order valence-corrected chi connectivity index (χ0v) is 13.2. The number of nitrogens with one attached hydrogen (secondary N) is 1. The number of ether oxygens (including phenoxy) is 1. The van der Waals surface area contributed by atoms with E-state index in [2.05, 4.69) is 18.3 Å². The van der Waals surface area contributed by atoms with Gasteiger partial charge in [-0.3, -0.25) is 5.32 Å². The topological polar surface area (TPSA) is 45.0 Å². The second-order valence-electron chi connectivity index (χ2n) is 4.71. The van der Waals surface area contributed by atoms with E-state index in [1.54, 1.807) is 18.9 Å². The third-order valence-corrected chi connectivity index (χ3v) is 4.30. The van der Waals surface area contributed by atoms with Gasteiger partial charge < -0.3 is 4.74 Å². The molecule has 4 heteroatoms. The van der Waals surface area contributed by atoms with Crippen LogP contribution >= 0.6 is 11.8 Å². The fraction of sp³-hybridized carbons (Fsp3) is 0.562. The van der Waals surface area contributed by atoms with Crippen LogP contribution in [0.1, 0.15) is 25.3 Å². The van der Waals surface area contributed by atoms with E-state index in [9.17, 15) is 5.26 Å². The van der Waals surface area contributed by atoms with Gasteiger partial charge in [0.05, 0.1) is 6.07 Å². The van der Waals surface area contributed by atoms with Crippen LogP contribution in [0.4, 0.5) is 0 Å². The number of rotatable bonds is 10. The number of hydrogen-bond donors (Lipinski definition) is 1. The van der Waals surface area contributed by atoms with Crippen molar-refractivity contribution in [2.75, 3.05) is 31.8 Å². The van der Waals surface area contributed by atoms with E-state index in [-0.39, 0.29) is 0 Å². The zero-order valence-electron chi connectivity index (χ0n) is 12.4. The third kappa shape index (κ3) is 5.16. The van der Waals surface area contributed by atoms with Crippen LogP contribution in [-0.4, -0.2) is 31.8 Å². The molecule has 0 spiro atoms. The Morgan fingerprint density at radius 2 is 2.10 bits per heavy atom. The summed E-state index contributed by atoms with van der Waals surface area (Å²) >= 11 is 1.81. The third-order valence-electron chi connectivity index (χ3n) is 3.09. The Balaban J connectivity index is 2.71. The Bertz CT molecular complexity index is 405. The monoisotopic (exact) mass is 292 g/mol. The van der Waals surface area contributed by atoms with Gasteiger partial charge in [0.1, 0.15) is 5.54 Å². The molecule has 1 aromatic rings. The summed E-state index contributed by atoms with van der Waals surface area (Å²) in [6.07, 6.45) is 2.04. The summed E-state index contributed by atoms with van der Waals surface area (Å²) in [7, 11) is 1.72. The van der Waals surface area contributed by atoms with Crippen molar-refractivity contribution in [2.45, 2.75) is 25.3 Å². The highest BCUT2D eigenvalue weighted by molar-refractivity contribution is 7.99. The highest BCUT2D eigenvalue weighted by Crippen LogP contribution is 2.25. The molecule has 0 aliphatic rings. The zero-order chi connectivity index (χ0) is 14.7. The number of methoxy groups -OCH3 is 1. The molecule has 0 aliphatic heterocycles. The van der Waals surface area contributed by atoms with Crippen LogP contribution < -0.4 is 5.32 Å². The van der Waals surface area contributed by atoms with Gasteiger partial charge in [0.2, 0.25) is 0 Å². The van der Waals surface area contributed by atoms with Gasteiger partial charge in [-0.2, -0.15) is 17.0 Å². The fourth-order valence-electron chi connectivity index (χ4n) is 1.96. The maximum Gasteiger partial charge on any atom is 0.141 e. The van der Waals surface area contributed by atoms with E-state index in [1.165, 1.54) is 0 Å². The maximum absolute atomic E-state index is 9.71. The van der Waals surface area contributed by atoms with Crippen LogP contribution in [0.3, 0.4) is 0 Å². The van der Waals surface area contributed by atoms with E-state index in [0.717, 1.165) is 43.1 Å². The average molecular weight is 292 g/mol. The molecule has 1 rings (SSSR count). The number of hydrogen-bond acceptors (Lipinski definition) is 4. The number of thioether (sulfide) groups is 1. The minimum atomic E-state index is -0.588. The van der Waals surface area contributed by atoms with Crippen LogP contribution in [-0.2, 0) is 10.3 Å². The molecule has 0 bridgehead atoms. The maximum atomic E-state index is 9.71. The smallest absolute Gasteiger partial charge is 0.141 e. The van der Waals surface area contributed by atoms with Crippen LogP contribution in [0.15, 0.2) is 30.3 Å². The second kappa shape index (κ2) is 9.82. The molecule has 1 atom stereocenters. The predicted molar refractivity (Wildman–Crippen MR) is 85.8 cm³/mol. The van der Waals surface area contributed by atoms with E-state index in [0.29, 0.717) is 0 Å². The van der Waals surface area contributed by atoms with Crippen molar-refractivity contribution in [1.82, 2.24) is 5.32 Å². The molecule has 1 N–H and O–H groups in total. The minimum Gasteiger partial charge on any atom is -0.385 e. The quantitative estimate of drug-likeness (QED) is 0.673. The second-order valence-corrected chi connectivity index (χ2v) is 5.81. The molecule has 0 aromatic heterocycles. The first-order valence-electron chi connectivity index (χ1n) is 7.07. The first kappa shape index (κ1) is 17.0. The molecule has 3 nitrogen and oxygen atoms in total. The predicted octanol–water partition coefficient (Wildman–Crippen LogP) is 3.17. The van der Waals surface area contributed by atoms with Crippen molar-refractivity contribution in [3.8, 4) is 6.07 Å². The SMILES string of the molecule is CCCNC(C#N)(CSCCCOC)c1ccccc1.